The average molecular weight is 192 g/mol. The summed E-state index contributed by atoms with van der Waals surface area (Å²) in [5.74, 6) is 0.551. The van der Waals surface area contributed by atoms with Crippen LogP contribution in [-0.4, -0.2) is 5.78 Å². The van der Waals surface area contributed by atoms with Crippen molar-refractivity contribution in [2.45, 2.75) is 58.8 Å². The molecule has 1 atom stereocenters. The number of allylic oxidation sites excluding steroid dienone is 2. The zero-order chi connectivity index (χ0) is 10.2. The van der Waals surface area contributed by atoms with Crippen molar-refractivity contribution in [1.29, 1.82) is 0 Å². The zero-order valence-electron chi connectivity index (χ0n) is 9.36. The van der Waals surface area contributed by atoms with Gasteiger partial charge in [0.05, 0.1) is 0 Å². The van der Waals surface area contributed by atoms with Crippen LogP contribution in [0.1, 0.15) is 58.8 Å². The van der Waals surface area contributed by atoms with Crippen LogP contribution in [-0.2, 0) is 4.79 Å². The van der Waals surface area contributed by atoms with E-state index < -0.39 is 0 Å². The summed E-state index contributed by atoms with van der Waals surface area (Å²) >= 11 is 0. The van der Waals surface area contributed by atoms with Gasteiger partial charge in [0.1, 0.15) is 5.78 Å². The maximum Gasteiger partial charge on any atom is 0.139 e. The van der Waals surface area contributed by atoms with E-state index in [1.165, 1.54) is 17.6 Å². The number of carbonyl (C=O) groups is 1. The minimum absolute atomic E-state index is 0.0713. The van der Waals surface area contributed by atoms with Gasteiger partial charge >= 0.3 is 0 Å². The summed E-state index contributed by atoms with van der Waals surface area (Å²) in [6.45, 7) is 4.42. The van der Waals surface area contributed by atoms with Crippen molar-refractivity contribution in [1.82, 2.24) is 0 Å². The van der Waals surface area contributed by atoms with Gasteiger partial charge in [-0.05, 0) is 46.0 Å². The summed E-state index contributed by atoms with van der Waals surface area (Å²) in [5, 5.41) is 0. The summed E-state index contributed by atoms with van der Waals surface area (Å²) in [7, 11) is 0. The average Bonchev–Trinajstić information content (AvgIpc) is 2.17. The first-order valence-electron chi connectivity index (χ1n) is 5.83. The van der Waals surface area contributed by atoms with Crippen LogP contribution in [0.25, 0.3) is 0 Å². The van der Waals surface area contributed by atoms with E-state index in [1.807, 2.05) is 0 Å². The highest BCUT2D eigenvalue weighted by Crippen LogP contribution is 2.46. The molecule has 78 valence electrons. The summed E-state index contributed by atoms with van der Waals surface area (Å²) < 4.78 is 0. The maximum atomic E-state index is 12.0. The van der Waals surface area contributed by atoms with Crippen LogP contribution in [0.2, 0.25) is 0 Å². The summed E-state index contributed by atoms with van der Waals surface area (Å²) in [6, 6.07) is 0. The van der Waals surface area contributed by atoms with E-state index in [0.717, 1.165) is 38.5 Å². The molecule has 2 rings (SSSR count). The number of hydrogen-bond donors (Lipinski definition) is 0. The molecule has 1 unspecified atom stereocenters. The molecule has 2 aliphatic rings. The van der Waals surface area contributed by atoms with Crippen LogP contribution in [0, 0.1) is 5.41 Å². The maximum absolute atomic E-state index is 12.0. The Morgan fingerprint density at radius 2 is 1.79 bits per heavy atom. The lowest BCUT2D eigenvalue weighted by atomic mass is 9.63. The second-order valence-corrected chi connectivity index (χ2v) is 5.15. The van der Waals surface area contributed by atoms with Gasteiger partial charge in [0, 0.05) is 11.8 Å². The Morgan fingerprint density at radius 3 is 2.43 bits per heavy atom. The second kappa shape index (κ2) is 3.52. The summed E-state index contributed by atoms with van der Waals surface area (Å²) in [4.78, 5) is 12.0. The van der Waals surface area contributed by atoms with Crippen LogP contribution in [0.15, 0.2) is 11.1 Å². The fourth-order valence-electron chi connectivity index (χ4n) is 2.99. The zero-order valence-corrected chi connectivity index (χ0v) is 9.36. The predicted molar refractivity (Wildman–Crippen MR) is 58.1 cm³/mol. The Labute approximate surface area is 86.6 Å². The molecule has 1 saturated carbocycles. The summed E-state index contributed by atoms with van der Waals surface area (Å²) in [6.07, 6.45) is 7.70. The molecule has 0 aromatic carbocycles. The minimum atomic E-state index is 0.0713. The van der Waals surface area contributed by atoms with E-state index in [1.54, 1.807) is 0 Å². The Hall–Kier alpha value is -0.590. The van der Waals surface area contributed by atoms with Crippen molar-refractivity contribution in [3.63, 3.8) is 0 Å². The highest BCUT2D eigenvalue weighted by Gasteiger charge is 2.41. The van der Waals surface area contributed by atoms with Crippen molar-refractivity contribution >= 4 is 5.78 Å². The largest absolute Gasteiger partial charge is 0.299 e. The molecule has 0 aliphatic heterocycles. The van der Waals surface area contributed by atoms with Gasteiger partial charge in [-0.1, -0.05) is 17.6 Å². The van der Waals surface area contributed by atoms with E-state index in [-0.39, 0.29) is 5.41 Å². The Balaban J connectivity index is 2.21. The van der Waals surface area contributed by atoms with Gasteiger partial charge in [0.25, 0.3) is 0 Å². The molecule has 0 heterocycles. The molecule has 0 aromatic rings. The molecular formula is C13H20O. The van der Waals surface area contributed by atoms with Gasteiger partial charge in [-0.25, -0.2) is 0 Å². The smallest absolute Gasteiger partial charge is 0.139 e. The monoisotopic (exact) mass is 192 g/mol. The first-order chi connectivity index (χ1) is 6.64. The number of hydrogen-bond acceptors (Lipinski definition) is 1. The van der Waals surface area contributed by atoms with Crippen molar-refractivity contribution in [2.75, 3.05) is 0 Å². The molecule has 0 amide bonds. The van der Waals surface area contributed by atoms with Crippen LogP contribution < -0.4 is 0 Å². The molecular weight excluding hydrogens is 172 g/mol. The van der Waals surface area contributed by atoms with Gasteiger partial charge in [0.15, 0.2) is 0 Å². The topological polar surface area (TPSA) is 17.1 Å². The summed E-state index contributed by atoms with van der Waals surface area (Å²) in [5.41, 5.74) is 3.07. The molecule has 0 radical (unpaired) electrons. The second-order valence-electron chi connectivity index (χ2n) is 5.15. The Bertz CT molecular complexity index is 288. The van der Waals surface area contributed by atoms with Gasteiger partial charge in [0.2, 0.25) is 0 Å². The minimum Gasteiger partial charge on any atom is -0.299 e. The Morgan fingerprint density at radius 1 is 1.00 bits per heavy atom. The van der Waals surface area contributed by atoms with Gasteiger partial charge in [-0.3, -0.25) is 4.79 Å². The van der Waals surface area contributed by atoms with Crippen LogP contribution in [0.4, 0.5) is 0 Å². The normalized spacial score (nSPS) is 34.0. The van der Waals surface area contributed by atoms with Crippen molar-refractivity contribution in [2.24, 2.45) is 5.41 Å². The molecule has 0 saturated heterocycles. The van der Waals surface area contributed by atoms with Crippen LogP contribution >= 0.6 is 0 Å². The third kappa shape index (κ3) is 1.53. The SMILES string of the molecule is CC1=C(C)CC2(CCCCC2=O)CC1. The molecule has 0 aromatic heterocycles. The number of Topliss-reactive ketones (excluding diaryl/α,β-unsaturated/α-hetero) is 1. The van der Waals surface area contributed by atoms with Crippen LogP contribution in [0.3, 0.4) is 0 Å². The van der Waals surface area contributed by atoms with E-state index in [4.69, 9.17) is 0 Å². The Kier molecular flexibility index (Phi) is 2.50. The highest BCUT2D eigenvalue weighted by molar-refractivity contribution is 5.86. The van der Waals surface area contributed by atoms with Crippen molar-refractivity contribution < 1.29 is 4.79 Å². The van der Waals surface area contributed by atoms with Crippen molar-refractivity contribution in [3.8, 4) is 0 Å². The number of rotatable bonds is 0. The van der Waals surface area contributed by atoms with E-state index in [0.29, 0.717) is 5.78 Å². The lowest BCUT2D eigenvalue weighted by Gasteiger charge is -2.39. The van der Waals surface area contributed by atoms with Gasteiger partial charge in [-0.15, -0.1) is 0 Å². The lowest BCUT2D eigenvalue weighted by Crippen LogP contribution is -2.36. The molecule has 1 heteroatoms. The number of ketones is 1. The molecule has 1 nitrogen and oxygen atoms in total. The third-order valence-electron chi connectivity index (χ3n) is 4.21. The van der Waals surface area contributed by atoms with Gasteiger partial charge < -0.3 is 0 Å². The molecule has 1 fully saturated rings. The fourth-order valence-corrected chi connectivity index (χ4v) is 2.99. The van der Waals surface area contributed by atoms with Crippen LogP contribution in [0.5, 0.6) is 0 Å². The highest BCUT2D eigenvalue weighted by atomic mass is 16.1. The van der Waals surface area contributed by atoms with Crippen molar-refractivity contribution in [3.05, 3.63) is 11.1 Å². The van der Waals surface area contributed by atoms with Gasteiger partial charge in [-0.2, -0.15) is 0 Å². The lowest BCUT2D eigenvalue weighted by molar-refractivity contribution is -0.132. The van der Waals surface area contributed by atoms with E-state index >= 15 is 0 Å². The molecule has 0 N–H and O–H groups in total. The molecule has 0 bridgehead atoms. The number of carbonyl (C=O) groups excluding carboxylic acids is 1. The quantitative estimate of drug-likeness (QED) is 0.535. The molecule has 14 heavy (non-hydrogen) atoms. The fraction of sp³-hybridized carbons (Fsp3) is 0.769. The molecule has 1 spiro atoms. The van der Waals surface area contributed by atoms with E-state index in [2.05, 4.69) is 13.8 Å². The standard InChI is InChI=1S/C13H20O/c1-10-6-8-13(9-11(10)2)7-4-3-5-12(13)14/h3-9H2,1-2H3. The van der Waals surface area contributed by atoms with E-state index in [9.17, 15) is 4.79 Å². The first-order valence-corrected chi connectivity index (χ1v) is 5.83. The first kappa shape index (κ1) is 9.95. The molecule has 2 aliphatic carbocycles. The third-order valence-corrected chi connectivity index (χ3v) is 4.21. The predicted octanol–water partition coefficient (Wildman–Crippen LogP) is 3.64.